The first-order valence-electron chi connectivity index (χ1n) is 6.21. The van der Waals surface area contributed by atoms with Crippen LogP contribution in [0.5, 0.6) is 5.75 Å². The second-order valence-corrected chi connectivity index (χ2v) is 4.68. The number of halogens is 2. The van der Waals surface area contributed by atoms with E-state index in [2.05, 4.69) is 9.97 Å². The second-order valence-electron chi connectivity index (χ2n) is 4.68. The normalized spacial score (nSPS) is 17.4. The Balaban J connectivity index is 0.00000133. The van der Waals surface area contributed by atoms with Crippen LogP contribution in [0, 0.1) is 11.7 Å². The molecule has 1 aliphatic rings. The zero-order valence-corrected chi connectivity index (χ0v) is 11.3. The lowest BCUT2D eigenvalue weighted by atomic mass is 9.90. The predicted octanol–water partition coefficient (Wildman–Crippen LogP) is 3.15. The van der Waals surface area contributed by atoms with Crippen LogP contribution in [0.1, 0.15) is 17.8 Å². The first kappa shape index (κ1) is 13.9. The van der Waals surface area contributed by atoms with Crippen molar-refractivity contribution in [2.45, 2.75) is 19.3 Å². The molecule has 2 aromatic rings. The maximum atomic E-state index is 13.4. The quantitative estimate of drug-likeness (QED) is 0.939. The highest BCUT2D eigenvalue weighted by molar-refractivity contribution is 5.85. The van der Waals surface area contributed by atoms with Crippen molar-refractivity contribution in [1.29, 1.82) is 0 Å². The number of H-pyrrole nitrogens is 1. The number of nitrogens with zero attached hydrogens (tertiary/aromatic N) is 1. The molecule has 0 fully saturated rings. The molecule has 5 heteroatoms. The zero-order chi connectivity index (χ0) is 12.4. The van der Waals surface area contributed by atoms with Crippen molar-refractivity contribution in [3.05, 3.63) is 47.8 Å². The van der Waals surface area contributed by atoms with Crippen LogP contribution in [-0.2, 0) is 12.8 Å². The fourth-order valence-corrected chi connectivity index (χ4v) is 2.38. The summed E-state index contributed by atoms with van der Waals surface area (Å²) in [4.78, 5) is 7.42. The van der Waals surface area contributed by atoms with E-state index in [1.807, 2.05) is 0 Å². The molecule has 1 aromatic heterocycles. The molecule has 1 aromatic carbocycles. The number of nitrogens with one attached hydrogen (secondary N) is 1. The molecule has 0 saturated heterocycles. The van der Waals surface area contributed by atoms with Crippen molar-refractivity contribution < 1.29 is 9.13 Å². The van der Waals surface area contributed by atoms with E-state index in [0.29, 0.717) is 18.3 Å². The number of rotatable bonds is 3. The highest BCUT2D eigenvalue weighted by Crippen LogP contribution is 2.24. The molecular weight excluding hydrogens is 267 g/mol. The number of hydrogen-bond acceptors (Lipinski definition) is 2. The number of fused-ring (bicyclic) bond motifs is 1. The molecule has 0 bridgehead atoms. The molecule has 0 spiro atoms. The Morgan fingerprint density at radius 1 is 1.37 bits per heavy atom. The smallest absolute Gasteiger partial charge is 0.165 e. The minimum atomic E-state index is -0.296. The Labute approximate surface area is 117 Å². The largest absolute Gasteiger partial charge is 0.490 e. The van der Waals surface area contributed by atoms with Crippen molar-refractivity contribution in [1.82, 2.24) is 9.97 Å². The molecule has 0 radical (unpaired) electrons. The first-order chi connectivity index (χ1) is 8.83. The Hall–Kier alpha value is -1.55. The van der Waals surface area contributed by atoms with Crippen LogP contribution < -0.4 is 4.74 Å². The summed E-state index contributed by atoms with van der Waals surface area (Å²) in [7, 11) is 0. The molecule has 0 amide bonds. The van der Waals surface area contributed by atoms with Crippen LogP contribution in [-0.4, -0.2) is 16.6 Å². The van der Waals surface area contributed by atoms with Crippen LogP contribution in [0.2, 0.25) is 0 Å². The standard InChI is InChI=1S/C14H15FN2O.ClH/c15-11-3-1-2-4-14(11)18-8-10-5-6-12-13(7-10)17-9-16-12;/h1-4,9-10H,5-8H2,(H,16,17);1H. The first-order valence-corrected chi connectivity index (χ1v) is 6.21. The topological polar surface area (TPSA) is 37.9 Å². The molecule has 1 aliphatic carbocycles. The predicted molar refractivity (Wildman–Crippen MR) is 73.2 cm³/mol. The highest BCUT2D eigenvalue weighted by Gasteiger charge is 2.21. The van der Waals surface area contributed by atoms with Crippen molar-refractivity contribution in [3.8, 4) is 5.75 Å². The summed E-state index contributed by atoms with van der Waals surface area (Å²) in [6.45, 7) is 0.555. The lowest BCUT2D eigenvalue weighted by Crippen LogP contribution is -2.21. The fraction of sp³-hybridized carbons (Fsp3) is 0.357. The number of aromatic nitrogens is 2. The van der Waals surface area contributed by atoms with Crippen LogP contribution in [0.25, 0.3) is 0 Å². The molecule has 19 heavy (non-hydrogen) atoms. The van der Waals surface area contributed by atoms with Gasteiger partial charge in [-0.2, -0.15) is 0 Å². The van der Waals surface area contributed by atoms with Gasteiger partial charge in [-0.15, -0.1) is 12.4 Å². The monoisotopic (exact) mass is 282 g/mol. The van der Waals surface area contributed by atoms with E-state index in [4.69, 9.17) is 4.74 Å². The lowest BCUT2D eigenvalue weighted by molar-refractivity contribution is 0.224. The van der Waals surface area contributed by atoms with E-state index in [9.17, 15) is 4.39 Å². The van der Waals surface area contributed by atoms with E-state index in [1.165, 1.54) is 11.8 Å². The molecule has 1 atom stereocenters. The zero-order valence-electron chi connectivity index (χ0n) is 10.4. The average molecular weight is 283 g/mol. The summed E-state index contributed by atoms with van der Waals surface area (Å²) >= 11 is 0. The number of aryl methyl sites for hydroxylation is 1. The SMILES string of the molecule is Cl.Fc1ccccc1OCC1CCc2nc[nH]c2C1. The van der Waals surface area contributed by atoms with E-state index < -0.39 is 0 Å². The number of imidazole rings is 1. The maximum absolute atomic E-state index is 13.4. The van der Waals surface area contributed by atoms with Gasteiger partial charge in [-0.05, 0) is 37.3 Å². The van der Waals surface area contributed by atoms with Crippen LogP contribution in [0.3, 0.4) is 0 Å². The number of hydrogen-bond donors (Lipinski definition) is 1. The summed E-state index contributed by atoms with van der Waals surface area (Å²) in [6.07, 6.45) is 4.70. The second kappa shape index (κ2) is 6.06. The lowest BCUT2D eigenvalue weighted by Gasteiger charge is -2.21. The van der Waals surface area contributed by atoms with Gasteiger partial charge in [0.25, 0.3) is 0 Å². The van der Waals surface area contributed by atoms with Gasteiger partial charge in [0.15, 0.2) is 11.6 Å². The molecule has 1 unspecified atom stereocenters. The molecule has 1 N–H and O–H groups in total. The molecule has 1 heterocycles. The van der Waals surface area contributed by atoms with Gasteiger partial charge in [-0.1, -0.05) is 12.1 Å². The van der Waals surface area contributed by atoms with Gasteiger partial charge in [-0.25, -0.2) is 9.37 Å². The Kier molecular flexibility index (Phi) is 4.43. The van der Waals surface area contributed by atoms with Gasteiger partial charge in [-0.3, -0.25) is 0 Å². The van der Waals surface area contributed by atoms with Crippen LogP contribution >= 0.6 is 12.4 Å². The summed E-state index contributed by atoms with van der Waals surface area (Å²) in [5, 5.41) is 0. The van der Waals surface area contributed by atoms with Crippen LogP contribution in [0.4, 0.5) is 4.39 Å². The summed E-state index contributed by atoms with van der Waals surface area (Å²) in [6, 6.07) is 6.54. The van der Waals surface area contributed by atoms with E-state index in [0.717, 1.165) is 25.0 Å². The summed E-state index contributed by atoms with van der Waals surface area (Å²) < 4.78 is 19.0. The van der Waals surface area contributed by atoms with E-state index in [-0.39, 0.29) is 18.2 Å². The van der Waals surface area contributed by atoms with Gasteiger partial charge in [0.05, 0.1) is 18.6 Å². The molecule has 0 saturated carbocycles. The van der Waals surface area contributed by atoms with E-state index >= 15 is 0 Å². The Bertz CT molecular complexity index is 544. The maximum Gasteiger partial charge on any atom is 0.165 e. The van der Waals surface area contributed by atoms with Gasteiger partial charge in [0.1, 0.15) is 0 Å². The average Bonchev–Trinajstić information content (AvgIpc) is 2.85. The highest BCUT2D eigenvalue weighted by atomic mass is 35.5. The third-order valence-electron chi connectivity index (χ3n) is 3.40. The number of aromatic amines is 1. The Morgan fingerprint density at radius 3 is 3.05 bits per heavy atom. The van der Waals surface area contributed by atoms with Gasteiger partial charge in [0.2, 0.25) is 0 Å². The fourth-order valence-electron chi connectivity index (χ4n) is 2.38. The van der Waals surface area contributed by atoms with Crippen LogP contribution in [0.15, 0.2) is 30.6 Å². The van der Waals surface area contributed by atoms with Crippen molar-refractivity contribution in [3.63, 3.8) is 0 Å². The molecule has 3 rings (SSSR count). The third-order valence-corrected chi connectivity index (χ3v) is 3.40. The summed E-state index contributed by atoms with van der Waals surface area (Å²) in [5.41, 5.74) is 2.36. The number of benzene rings is 1. The summed E-state index contributed by atoms with van der Waals surface area (Å²) in [5.74, 6) is 0.473. The van der Waals surface area contributed by atoms with E-state index in [1.54, 1.807) is 24.5 Å². The minimum Gasteiger partial charge on any atom is -0.490 e. The molecule has 3 nitrogen and oxygen atoms in total. The van der Waals surface area contributed by atoms with Gasteiger partial charge < -0.3 is 9.72 Å². The third kappa shape index (κ3) is 3.07. The number of para-hydroxylation sites is 1. The Morgan fingerprint density at radius 2 is 2.21 bits per heavy atom. The van der Waals surface area contributed by atoms with Gasteiger partial charge >= 0.3 is 0 Å². The molecule has 102 valence electrons. The van der Waals surface area contributed by atoms with Crippen molar-refractivity contribution in [2.24, 2.45) is 5.92 Å². The molecule has 0 aliphatic heterocycles. The number of ether oxygens (including phenoxy) is 1. The molecular formula is C14H16ClFN2O. The van der Waals surface area contributed by atoms with Gasteiger partial charge in [0, 0.05) is 5.69 Å². The van der Waals surface area contributed by atoms with Crippen molar-refractivity contribution in [2.75, 3.05) is 6.61 Å². The van der Waals surface area contributed by atoms with Crippen molar-refractivity contribution >= 4 is 12.4 Å². The minimum absolute atomic E-state index is 0.